The molecule has 4 heteroatoms. The van der Waals surface area contributed by atoms with Gasteiger partial charge in [-0.05, 0) is 140 Å². The Bertz CT molecular complexity index is 3180. The molecule has 0 amide bonds. The highest BCUT2D eigenvalue weighted by Crippen LogP contribution is 2.45. The van der Waals surface area contributed by atoms with Gasteiger partial charge in [0.2, 0.25) is 0 Å². The van der Waals surface area contributed by atoms with E-state index in [1.165, 1.54) is 43.8 Å². The summed E-state index contributed by atoms with van der Waals surface area (Å²) in [7, 11) is 0. The molecular weight excluding hydrogens is 825 g/mol. The summed E-state index contributed by atoms with van der Waals surface area (Å²) in [5.41, 5.74) is 15.1. The standard InChI is InChI=1S/C64H46N4/c1-5-17-53(18-6-1)67(54-19-7-2-8-20-54)57-43-41-51(65-45-57)39-33-47-29-35-49(36-30-47)63-61-27-15-13-25-59(61)60-26-14-16-28-62(60)64(63)50-37-31-48(32-38-50)34-40-52-42-44-58(46-66-52)68(55-21-9-3-10-22-55)56-23-11-4-12-24-56/h1-46H/b39-33+,40-34+. The summed E-state index contributed by atoms with van der Waals surface area (Å²) in [5, 5.41) is 4.94. The zero-order chi connectivity index (χ0) is 45.5. The van der Waals surface area contributed by atoms with E-state index in [0.717, 1.165) is 56.6 Å². The Kier molecular flexibility index (Phi) is 11.7. The van der Waals surface area contributed by atoms with Gasteiger partial charge in [0.15, 0.2) is 0 Å². The van der Waals surface area contributed by atoms with Gasteiger partial charge >= 0.3 is 0 Å². The van der Waals surface area contributed by atoms with E-state index in [1.54, 1.807) is 0 Å². The molecule has 0 atom stereocenters. The highest BCUT2D eigenvalue weighted by Gasteiger charge is 2.18. The van der Waals surface area contributed by atoms with Crippen molar-refractivity contribution >= 4 is 80.0 Å². The first-order valence-electron chi connectivity index (χ1n) is 23.0. The van der Waals surface area contributed by atoms with Gasteiger partial charge < -0.3 is 9.80 Å². The SMILES string of the molecule is C(=C\c1ccc(N(c2ccccc2)c2ccccc2)cn1)/c1ccc(-c2c(-c3ccc(/C=C/c4ccc(N(c5ccccc5)c5ccccc5)cn4)cc3)c3ccccc3c3ccccc23)cc1. The van der Waals surface area contributed by atoms with Crippen molar-refractivity contribution in [1.82, 2.24) is 9.97 Å². The minimum absolute atomic E-state index is 0.892. The Morgan fingerprint density at radius 3 is 0.868 bits per heavy atom. The van der Waals surface area contributed by atoms with Crippen LogP contribution >= 0.6 is 0 Å². The largest absolute Gasteiger partial charge is 0.309 e. The molecule has 322 valence electrons. The van der Waals surface area contributed by atoms with Crippen LogP contribution in [0.3, 0.4) is 0 Å². The summed E-state index contributed by atoms with van der Waals surface area (Å²) < 4.78 is 0. The number of benzene rings is 9. The van der Waals surface area contributed by atoms with Crippen LogP contribution in [0.25, 0.3) is 68.1 Å². The normalized spacial score (nSPS) is 11.4. The Balaban J connectivity index is 0.869. The first-order chi connectivity index (χ1) is 33.7. The van der Waals surface area contributed by atoms with Crippen LogP contribution in [0.15, 0.2) is 255 Å². The Labute approximate surface area is 397 Å². The Morgan fingerprint density at radius 1 is 0.250 bits per heavy atom. The zero-order valence-electron chi connectivity index (χ0n) is 37.3. The second-order valence-electron chi connectivity index (χ2n) is 16.6. The molecule has 0 fully saturated rings. The highest BCUT2D eigenvalue weighted by molar-refractivity contribution is 6.21. The monoisotopic (exact) mass is 870 g/mol. The van der Waals surface area contributed by atoms with Crippen molar-refractivity contribution in [2.45, 2.75) is 0 Å². The van der Waals surface area contributed by atoms with E-state index in [1.807, 2.05) is 36.7 Å². The first kappa shape index (κ1) is 41.6. The van der Waals surface area contributed by atoms with Gasteiger partial charge in [0, 0.05) is 22.7 Å². The maximum absolute atomic E-state index is 4.86. The van der Waals surface area contributed by atoms with Crippen LogP contribution < -0.4 is 9.80 Å². The predicted octanol–water partition coefficient (Wildman–Crippen LogP) is 17.4. The summed E-state index contributed by atoms with van der Waals surface area (Å²) in [6, 6.07) is 85.4. The second kappa shape index (κ2) is 19.2. The molecule has 0 saturated carbocycles. The van der Waals surface area contributed by atoms with Crippen molar-refractivity contribution in [3.8, 4) is 22.3 Å². The van der Waals surface area contributed by atoms with E-state index in [-0.39, 0.29) is 0 Å². The third kappa shape index (κ3) is 8.70. The molecule has 0 N–H and O–H groups in total. The van der Waals surface area contributed by atoms with Crippen molar-refractivity contribution < 1.29 is 0 Å². The molecule has 0 aliphatic carbocycles. The van der Waals surface area contributed by atoms with Gasteiger partial charge in [0.25, 0.3) is 0 Å². The molecule has 2 aromatic heterocycles. The molecule has 2 heterocycles. The van der Waals surface area contributed by atoms with Crippen molar-refractivity contribution in [3.63, 3.8) is 0 Å². The van der Waals surface area contributed by atoms with E-state index in [0.29, 0.717) is 0 Å². The number of hydrogen-bond acceptors (Lipinski definition) is 4. The first-order valence-corrected chi connectivity index (χ1v) is 23.0. The molecule has 0 bridgehead atoms. The molecule has 0 aliphatic rings. The van der Waals surface area contributed by atoms with Crippen LogP contribution in [-0.2, 0) is 0 Å². The number of anilines is 6. The molecule has 4 nitrogen and oxygen atoms in total. The van der Waals surface area contributed by atoms with Crippen molar-refractivity contribution in [2.24, 2.45) is 0 Å². The molecule has 0 saturated heterocycles. The number of aromatic nitrogens is 2. The average molecular weight is 871 g/mol. The fourth-order valence-electron chi connectivity index (χ4n) is 9.09. The van der Waals surface area contributed by atoms with Gasteiger partial charge in [0.1, 0.15) is 0 Å². The fourth-order valence-corrected chi connectivity index (χ4v) is 9.09. The van der Waals surface area contributed by atoms with Crippen molar-refractivity contribution in [2.75, 3.05) is 9.80 Å². The summed E-state index contributed by atoms with van der Waals surface area (Å²) in [5.74, 6) is 0. The molecule has 68 heavy (non-hydrogen) atoms. The number of para-hydroxylation sites is 4. The van der Waals surface area contributed by atoms with E-state index in [4.69, 9.17) is 9.97 Å². The fraction of sp³-hybridized carbons (Fsp3) is 0. The van der Waals surface area contributed by atoms with Crippen LogP contribution in [0.1, 0.15) is 22.5 Å². The maximum atomic E-state index is 4.86. The van der Waals surface area contributed by atoms with Crippen LogP contribution in [-0.4, -0.2) is 9.97 Å². The summed E-state index contributed by atoms with van der Waals surface area (Å²) in [4.78, 5) is 14.2. The zero-order valence-corrected chi connectivity index (χ0v) is 37.3. The Hall–Kier alpha value is -9.12. The molecule has 0 spiro atoms. The average Bonchev–Trinajstić information content (AvgIpc) is 3.42. The van der Waals surface area contributed by atoms with E-state index < -0.39 is 0 Å². The van der Waals surface area contributed by atoms with Crippen molar-refractivity contribution in [1.29, 1.82) is 0 Å². The van der Waals surface area contributed by atoms with Gasteiger partial charge in [-0.2, -0.15) is 0 Å². The van der Waals surface area contributed by atoms with Crippen LogP contribution in [0.5, 0.6) is 0 Å². The van der Waals surface area contributed by atoms with Gasteiger partial charge in [-0.15, -0.1) is 0 Å². The number of hydrogen-bond donors (Lipinski definition) is 0. The number of fused-ring (bicyclic) bond motifs is 3. The van der Waals surface area contributed by atoms with E-state index >= 15 is 0 Å². The number of nitrogens with zero attached hydrogens (tertiary/aromatic N) is 4. The smallest absolute Gasteiger partial charge is 0.0645 e. The molecular formula is C64H46N4. The lowest BCUT2D eigenvalue weighted by Gasteiger charge is -2.25. The number of pyridine rings is 2. The quantitative estimate of drug-likeness (QED) is 0.115. The summed E-state index contributed by atoms with van der Waals surface area (Å²) in [6.45, 7) is 0. The number of rotatable bonds is 12. The molecule has 0 radical (unpaired) electrons. The third-order valence-electron chi connectivity index (χ3n) is 12.3. The molecule has 11 aromatic rings. The van der Waals surface area contributed by atoms with Crippen LogP contribution in [0.2, 0.25) is 0 Å². The highest BCUT2D eigenvalue weighted by atomic mass is 15.2. The summed E-state index contributed by atoms with van der Waals surface area (Å²) >= 11 is 0. The molecule has 0 aliphatic heterocycles. The molecule has 11 rings (SSSR count). The minimum Gasteiger partial charge on any atom is -0.309 e. The Morgan fingerprint density at radius 2 is 0.559 bits per heavy atom. The molecule has 9 aromatic carbocycles. The van der Waals surface area contributed by atoms with Crippen LogP contribution in [0, 0.1) is 0 Å². The third-order valence-corrected chi connectivity index (χ3v) is 12.3. The second-order valence-corrected chi connectivity index (χ2v) is 16.6. The predicted molar refractivity (Wildman–Crippen MR) is 288 cm³/mol. The lowest BCUT2D eigenvalue weighted by atomic mass is 9.84. The van der Waals surface area contributed by atoms with Gasteiger partial charge in [0.05, 0.1) is 35.2 Å². The maximum Gasteiger partial charge on any atom is 0.0645 e. The van der Waals surface area contributed by atoms with E-state index in [9.17, 15) is 0 Å². The van der Waals surface area contributed by atoms with Crippen LogP contribution in [0.4, 0.5) is 34.1 Å². The van der Waals surface area contributed by atoms with Gasteiger partial charge in [-0.1, -0.05) is 182 Å². The van der Waals surface area contributed by atoms with E-state index in [2.05, 4.69) is 252 Å². The lowest BCUT2D eigenvalue weighted by Crippen LogP contribution is -2.09. The lowest BCUT2D eigenvalue weighted by molar-refractivity contribution is 1.22. The van der Waals surface area contributed by atoms with Gasteiger partial charge in [-0.25, -0.2) is 0 Å². The minimum atomic E-state index is 0.892. The van der Waals surface area contributed by atoms with Gasteiger partial charge in [-0.3, -0.25) is 9.97 Å². The topological polar surface area (TPSA) is 32.3 Å². The summed E-state index contributed by atoms with van der Waals surface area (Å²) in [6.07, 6.45) is 12.3. The van der Waals surface area contributed by atoms with Crippen molar-refractivity contribution in [3.05, 3.63) is 278 Å². The molecule has 0 unspecified atom stereocenters.